The van der Waals surface area contributed by atoms with Gasteiger partial charge in [0, 0.05) is 11.8 Å². The Kier molecular flexibility index (Phi) is 5.59. The summed E-state index contributed by atoms with van der Waals surface area (Å²) in [5, 5.41) is 4.36. The summed E-state index contributed by atoms with van der Waals surface area (Å²) < 4.78 is 0. The second kappa shape index (κ2) is 7.87. The minimum Gasteiger partial charge on any atom is -0.340 e. The molecule has 0 fully saturated rings. The Hall–Kier alpha value is -2.07. The third-order valence-electron chi connectivity index (χ3n) is 3.63. The predicted octanol–water partition coefficient (Wildman–Crippen LogP) is 5.56. The van der Waals surface area contributed by atoms with Gasteiger partial charge in [0.2, 0.25) is 0 Å². The Bertz CT molecular complexity index is 883. The summed E-state index contributed by atoms with van der Waals surface area (Å²) in [6, 6.07) is 17.2. The fraction of sp³-hybridized carbons (Fsp3) is 0.0526. The lowest BCUT2D eigenvalue weighted by atomic mass is 10.0. The number of hydrogen-bond acceptors (Lipinski definition) is 2. The Morgan fingerprint density at radius 3 is 2.32 bits per heavy atom. The lowest BCUT2D eigenvalue weighted by Crippen LogP contribution is -2.29. The molecule has 1 heterocycles. The largest absolute Gasteiger partial charge is 0.340 e. The highest BCUT2D eigenvalue weighted by molar-refractivity contribution is 6.42. The van der Waals surface area contributed by atoms with Gasteiger partial charge in [-0.2, -0.15) is 0 Å². The molecule has 0 radical (unpaired) electrons. The van der Waals surface area contributed by atoms with Crippen molar-refractivity contribution in [3.05, 3.63) is 98.7 Å². The van der Waals surface area contributed by atoms with Crippen LogP contribution in [0.5, 0.6) is 0 Å². The molecule has 126 valence electrons. The van der Waals surface area contributed by atoms with Crippen molar-refractivity contribution < 1.29 is 4.79 Å². The first kappa shape index (κ1) is 17.7. The quantitative estimate of drug-likeness (QED) is 0.632. The van der Waals surface area contributed by atoms with Gasteiger partial charge in [0.05, 0.1) is 26.8 Å². The molecule has 2 aromatic carbocycles. The zero-order valence-corrected chi connectivity index (χ0v) is 15.2. The second-order valence-electron chi connectivity index (χ2n) is 5.35. The Morgan fingerprint density at radius 2 is 1.68 bits per heavy atom. The molecule has 0 aliphatic rings. The van der Waals surface area contributed by atoms with Gasteiger partial charge in [-0.05, 0) is 42.0 Å². The molecule has 3 rings (SSSR count). The van der Waals surface area contributed by atoms with Gasteiger partial charge in [-0.25, -0.2) is 0 Å². The van der Waals surface area contributed by atoms with Gasteiger partial charge < -0.3 is 5.32 Å². The smallest absolute Gasteiger partial charge is 0.252 e. The van der Waals surface area contributed by atoms with Crippen molar-refractivity contribution in [2.75, 3.05) is 0 Å². The van der Waals surface area contributed by atoms with Crippen molar-refractivity contribution in [2.24, 2.45) is 0 Å². The number of halogens is 3. The van der Waals surface area contributed by atoms with Gasteiger partial charge in [-0.15, -0.1) is 0 Å². The molecular weight excluding hydrogens is 379 g/mol. The van der Waals surface area contributed by atoms with Crippen LogP contribution in [0.1, 0.15) is 27.7 Å². The second-order valence-corrected chi connectivity index (χ2v) is 6.60. The summed E-state index contributed by atoms with van der Waals surface area (Å²) >= 11 is 18.1. The van der Waals surface area contributed by atoms with E-state index >= 15 is 0 Å². The molecule has 0 saturated heterocycles. The maximum atomic E-state index is 12.6. The Labute approximate surface area is 160 Å². The molecule has 0 unspecified atom stereocenters. The monoisotopic (exact) mass is 390 g/mol. The van der Waals surface area contributed by atoms with Gasteiger partial charge in [-0.1, -0.05) is 59.1 Å². The van der Waals surface area contributed by atoms with Crippen LogP contribution in [0.25, 0.3) is 0 Å². The molecule has 1 amide bonds. The van der Waals surface area contributed by atoms with Crippen LogP contribution in [0.15, 0.2) is 66.9 Å². The van der Waals surface area contributed by atoms with Crippen LogP contribution >= 0.6 is 34.8 Å². The zero-order valence-electron chi connectivity index (χ0n) is 12.9. The van der Waals surface area contributed by atoms with Crippen LogP contribution in [-0.2, 0) is 0 Å². The molecule has 0 saturated carbocycles. The summed E-state index contributed by atoms with van der Waals surface area (Å²) in [5.41, 5.74) is 1.97. The number of hydrogen-bond donors (Lipinski definition) is 1. The van der Waals surface area contributed by atoms with Gasteiger partial charge >= 0.3 is 0 Å². The van der Waals surface area contributed by atoms with Gasteiger partial charge in [0.15, 0.2) is 0 Å². The average Bonchev–Trinajstić information content (AvgIpc) is 2.63. The highest BCUT2D eigenvalue weighted by Crippen LogP contribution is 2.29. The molecule has 0 aliphatic carbocycles. The maximum absolute atomic E-state index is 12.6. The van der Waals surface area contributed by atoms with Crippen LogP contribution in [-0.4, -0.2) is 10.9 Å². The predicted molar refractivity (Wildman–Crippen MR) is 101 cm³/mol. The molecular formula is C19H13Cl3N2O. The van der Waals surface area contributed by atoms with Crippen molar-refractivity contribution in [2.45, 2.75) is 6.04 Å². The molecule has 0 bridgehead atoms. The normalized spacial score (nSPS) is 11.8. The first-order valence-corrected chi connectivity index (χ1v) is 8.60. The van der Waals surface area contributed by atoms with Gasteiger partial charge in [0.1, 0.15) is 0 Å². The van der Waals surface area contributed by atoms with Crippen LogP contribution in [0.4, 0.5) is 0 Å². The van der Waals surface area contributed by atoms with E-state index in [9.17, 15) is 4.79 Å². The fourth-order valence-corrected chi connectivity index (χ4v) is 2.80. The lowest BCUT2D eigenvalue weighted by Gasteiger charge is -2.19. The molecule has 1 atom stereocenters. The van der Waals surface area contributed by atoms with E-state index in [0.717, 1.165) is 5.56 Å². The fourth-order valence-electron chi connectivity index (χ4n) is 2.38. The molecule has 3 aromatic rings. The minimum atomic E-state index is -0.486. The SMILES string of the molecule is O=C(N[C@@H](c1ccc(Cl)c(Cl)c1)c1ccc(Cl)cn1)c1ccccc1. The van der Waals surface area contributed by atoms with Crippen molar-refractivity contribution in [3.8, 4) is 0 Å². The summed E-state index contributed by atoms with van der Waals surface area (Å²) in [6.07, 6.45) is 1.54. The molecule has 6 heteroatoms. The molecule has 1 N–H and O–H groups in total. The van der Waals surface area contributed by atoms with E-state index in [-0.39, 0.29) is 5.91 Å². The van der Waals surface area contributed by atoms with Crippen LogP contribution in [0.3, 0.4) is 0 Å². The number of nitrogens with one attached hydrogen (secondary N) is 1. The van der Waals surface area contributed by atoms with E-state index in [1.165, 1.54) is 6.20 Å². The van der Waals surface area contributed by atoms with Crippen molar-refractivity contribution in [1.29, 1.82) is 0 Å². The molecule has 0 spiro atoms. The summed E-state index contributed by atoms with van der Waals surface area (Å²) in [7, 11) is 0. The van der Waals surface area contributed by atoms with Crippen molar-refractivity contribution in [3.63, 3.8) is 0 Å². The number of amides is 1. The van der Waals surface area contributed by atoms with Crippen LogP contribution < -0.4 is 5.32 Å². The average molecular weight is 392 g/mol. The minimum absolute atomic E-state index is 0.214. The van der Waals surface area contributed by atoms with Crippen LogP contribution in [0.2, 0.25) is 15.1 Å². The van der Waals surface area contributed by atoms with Gasteiger partial charge in [-0.3, -0.25) is 9.78 Å². The lowest BCUT2D eigenvalue weighted by molar-refractivity contribution is 0.0942. The van der Waals surface area contributed by atoms with E-state index in [4.69, 9.17) is 34.8 Å². The molecule has 25 heavy (non-hydrogen) atoms. The topological polar surface area (TPSA) is 42.0 Å². The Morgan fingerprint density at radius 1 is 0.920 bits per heavy atom. The summed E-state index contributed by atoms with van der Waals surface area (Å²) in [4.78, 5) is 16.9. The first-order chi connectivity index (χ1) is 12.0. The van der Waals surface area contributed by atoms with E-state index < -0.39 is 6.04 Å². The van der Waals surface area contributed by atoms with Gasteiger partial charge in [0.25, 0.3) is 5.91 Å². The summed E-state index contributed by atoms with van der Waals surface area (Å²) in [6.45, 7) is 0. The summed E-state index contributed by atoms with van der Waals surface area (Å²) in [5.74, 6) is -0.214. The number of carbonyl (C=O) groups is 1. The number of pyridine rings is 1. The number of nitrogens with zero attached hydrogens (tertiary/aromatic N) is 1. The number of carbonyl (C=O) groups excluding carboxylic acids is 1. The highest BCUT2D eigenvalue weighted by Gasteiger charge is 2.20. The van der Waals surface area contributed by atoms with E-state index in [1.807, 2.05) is 18.2 Å². The number of rotatable bonds is 4. The number of benzene rings is 2. The van der Waals surface area contributed by atoms with Crippen LogP contribution in [0, 0.1) is 0 Å². The third kappa shape index (κ3) is 4.31. The molecule has 0 aliphatic heterocycles. The Balaban J connectivity index is 1.98. The third-order valence-corrected chi connectivity index (χ3v) is 4.60. The van der Waals surface area contributed by atoms with E-state index in [1.54, 1.807) is 42.5 Å². The number of aromatic nitrogens is 1. The standard InChI is InChI=1S/C19H13Cl3N2O/c20-14-7-9-17(23-11-14)18(13-6-8-15(21)16(22)10-13)24-19(25)12-4-2-1-3-5-12/h1-11,18H,(H,24,25)/t18-/m0/s1. The van der Waals surface area contributed by atoms with E-state index in [2.05, 4.69) is 10.3 Å². The first-order valence-electron chi connectivity index (χ1n) is 7.47. The molecule has 1 aromatic heterocycles. The maximum Gasteiger partial charge on any atom is 0.252 e. The van der Waals surface area contributed by atoms with Crippen molar-refractivity contribution >= 4 is 40.7 Å². The highest BCUT2D eigenvalue weighted by atomic mass is 35.5. The van der Waals surface area contributed by atoms with E-state index in [0.29, 0.717) is 26.3 Å². The zero-order chi connectivity index (χ0) is 17.8. The van der Waals surface area contributed by atoms with Crippen molar-refractivity contribution in [1.82, 2.24) is 10.3 Å². The molecule has 3 nitrogen and oxygen atoms in total.